The highest BCUT2D eigenvalue weighted by molar-refractivity contribution is 7.13. The minimum Gasteiger partial charge on any atom is -0.469 e. The molecule has 1 atom stereocenters. The van der Waals surface area contributed by atoms with Crippen molar-refractivity contribution in [2.24, 2.45) is 5.92 Å². The number of hydrogen-bond acceptors (Lipinski definition) is 5. The van der Waals surface area contributed by atoms with Gasteiger partial charge in [0.1, 0.15) is 0 Å². The molecule has 0 aromatic carbocycles. The minimum absolute atomic E-state index is 0.189. The Bertz CT molecular complexity index is 377. The predicted molar refractivity (Wildman–Crippen MR) is 75.0 cm³/mol. The summed E-state index contributed by atoms with van der Waals surface area (Å²) in [6, 6.07) is 0.449. The van der Waals surface area contributed by atoms with Crippen molar-refractivity contribution in [1.29, 1.82) is 0 Å². The number of ether oxygens (including phenoxy) is 1. The Balaban J connectivity index is 2.50. The lowest BCUT2D eigenvalue weighted by atomic mass is 10.0. The van der Waals surface area contributed by atoms with E-state index in [1.807, 2.05) is 5.38 Å². The Labute approximate surface area is 113 Å². The summed E-state index contributed by atoms with van der Waals surface area (Å²) in [5.74, 6) is 0.392. The predicted octanol–water partition coefficient (Wildman–Crippen LogP) is 3.10. The molecule has 4 nitrogen and oxygen atoms in total. The van der Waals surface area contributed by atoms with Crippen molar-refractivity contribution in [1.82, 2.24) is 4.98 Å². The van der Waals surface area contributed by atoms with E-state index in [0.29, 0.717) is 24.8 Å². The van der Waals surface area contributed by atoms with Crippen molar-refractivity contribution in [2.45, 2.75) is 46.1 Å². The fraction of sp³-hybridized carbons (Fsp3) is 0.692. The third kappa shape index (κ3) is 4.64. The number of hydrogen-bond donors (Lipinski definition) is 1. The average Bonchev–Trinajstić information content (AvgIpc) is 2.80. The molecule has 18 heavy (non-hydrogen) atoms. The van der Waals surface area contributed by atoms with Crippen LogP contribution in [-0.4, -0.2) is 24.1 Å². The molecule has 1 N–H and O–H groups in total. The van der Waals surface area contributed by atoms with Crippen LogP contribution in [-0.2, 0) is 16.0 Å². The average molecular weight is 270 g/mol. The van der Waals surface area contributed by atoms with Crippen LogP contribution >= 0.6 is 11.3 Å². The number of nitrogens with one attached hydrogen (secondary N) is 1. The molecular weight excluding hydrogens is 248 g/mol. The van der Waals surface area contributed by atoms with Crippen LogP contribution < -0.4 is 5.32 Å². The molecule has 0 radical (unpaired) electrons. The maximum Gasteiger partial charge on any atom is 0.305 e. The molecule has 1 unspecified atom stereocenters. The smallest absolute Gasteiger partial charge is 0.305 e. The molecular formula is C13H22N2O2S. The van der Waals surface area contributed by atoms with Crippen LogP contribution in [0.15, 0.2) is 5.38 Å². The normalized spacial score (nSPS) is 12.5. The Morgan fingerprint density at radius 3 is 2.83 bits per heavy atom. The topological polar surface area (TPSA) is 51.2 Å². The van der Waals surface area contributed by atoms with Crippen LogP contribution in [0.2, 0.25) is 0 Å². The standard InChI is InChI=1S/C13H22N2O2S/c1-5-11(9(2)3)15-13-14-10(8-18-13)6-7-12(16)17-4/h8-9,11H,5-7H2,1-4H3,(H,14,15). The van der Waals surface area contributed by atoms with Crippen molar-refractivity contribution in [3.05, 3.63) is 11.1 Å². The summed E-state index contributed by atoms with van der Waals surface area (Å²) in [5.41, 5.74) is 0.950. The molecule has 0 amide bonds. The summed E-state index contributed by atoms with van der Waals surface area (Å²) >= 11 is 1.60. The number of aryl methyl sites for hydroxylation is 1. The highest BCUT2D eigenvalue weighted by Gasteiger charge is 2.13. The second-order valence-corrected chi connectivity index (χ2v) is 5.48. The van der Waals surface area contributed by atoms with Gasteiger partial charge in [-0.25, -0.2) is 4.98 Å². The van der Waals surface area contributed by atoms with E-state index in [2.05, 4.69) is 35.8 Å². The molecule has 0 spiro atoms. The lowest BCUT2D eigenvalue weighted by molar-refractivity contribution is -0.140. The van der Waals surface area contributed by atoms with Gasteiger partial charge in [-0.05, 0) is 12.3 Å². The molecule has 1 aromatic rings. The third-order valence-corrected chi connectivity index (χ3v) is 3.74. The highest BCUT2D eigenvalue weighted by Crippen LogP contribution is 2.20. The number of anilines is 1. The van der Waals surface area contributed by atoms with E-state index >= 15 is 0 Å². The number of esters is 1. The quantitative estimate of drug-likeness (QED) is 0.774. The second-order valence-electron chi connectivity index (χ2n) is 4.62. The molecule has 0 saturated heterocycles. The van der Waals surface area contributed by atoms with Crippen LogP contribution in [0.4, 0.5) is 5.13 Å². The van der Waals surface area contributed by atoms with Crippen molar-refractivity contribution < 1.29 is 9.53 Å². The fourth-order valence-electron chi connectivity index (χ4n) is 1.72. The van der Waals surface area contributed by atoms with E-state index in [9.17, 15) is 4.79 Å². The van der Waals surface area contributed by atoms with Gasteiger partial charge in [-0.1, -0.05) is 20.8 Å². The Morgan fingerprint density at radius 2 is 2.28 bits per heavy atom. The van der Waals surface area contributed by atoms with Crippen LogP contribution in [0, 0.1) is 5.92 Å². The summed E-state index contributed by atoms with van der Waals surface area (Å²) in [6.45, 7) is 6.57. The zero-order valence-electron chi connectivity index (χ0n) is 11.5. The lowest BCUT2D eigenvalue weighted by Gasteiger charge is -2.19. The number of thiazole rings is 1. The fourth-order valence-corrected chi connectivity index (χ4v) is 2.53. The van der Waals surface area contributed by atoms with Crippen LogP contribution in [0.5, 0.6) is 0 Å². The summed E-state index contributed by atoms with van der Waals surface area (Å²) in [7, 11) is 1.41. The van der Waals surface area contributed by atoms with Gasteiger partial charge < -0.3 is 10.1 Å². The van der Waals surface area contributed by atoms with Crippen molar-refractivity contribution >= 4 is 22.4 Å². The first-order valence-electron chi connectivity index (χ1n) is 6.34. The molecule has 102 valence electrons. The van der Waals surface area contributed by atoms with Crippen LogP contribution in [0.1, 0.15) is 39.3 Å². The number of aromatic nitrogens is 1. The molecule has 0 bridgehead atoms. The molecule has 1 heterocycles. The van der Waals surface area contributed by atoms with E-state index in [1.54, 1.807) is 11.3 Å². The van der Waals surface area contributed by atoms with Crippen molar-refractivity contribution in [3.8, 4) is 0 Å². The number of carbonyl (C=O) groups excluding carboxylic acids is 1. The molecule has 0 saturated carbocycles. The first-order valence-corrected chi connectivity index (χ1v) is 7.22. The number of methoxy groups -OCH3 is 1. The van der Waals surface area contributed by atoms with Gasteiger partial charge in [0.2, 0.25) is 0 Å². The molecule has 1 aromatic heterocycles. The lowest BCUT2D eigenvalue weighted by Crippen LogP contribution is -2.24. The van der Waals surface area contributed by atoms with Crippen molar-refractivity contribution in [3.63, 3.8) is 0 Å². The van der Waals surface area contributed by atoms with E-state index in [4.69, 9.17) is 0 Å². The number of carbonyl (C=O) groups is 1. The zero-order chi connectivity index (χ0) is 13.5. The molecule has 1 rings (SSSR count). The monoisotopic (exact) mass is 270 g/mol. The van der Waals surface area contributed by atoms with Gasteiger partial charge in [0.25, 0.3) is 0 Å². The molecule has 0 fully saturated rings. The summed E-state index contributed by atoms with van der Waals surface area (Å²) < 4.78 is 4.61. The van der Waals surface area contributed by atoms with E-state index in [0.717, 1.165) is 17.2 Å². The van der Waals surface area contributed by atoms with Gasteiger partial charge in [0, 0.05) is 17.8 Å². The first kappa shape index (κ1) is 15.0. The number of nitrogens with zero attached hydrogens (tertiary/aromatic N) is 1. The van der Waals surface area contributed by atoms with Crippen LogP contribution in [0.25, 0.3) is 0 Å². The highest BCUT2D eigenvalue weighted by atomic mass is 32.1. The van der Waals surface area contributed by atoms with Gasteiger partial charge in [0.05, 0.1) is 19.2 Å². The summed E-state index contributed by atoms with van der Waals surface area (Å²) in [5, 5.41) is 6.38. The molecule has 0 aliphatic heterocycles. The Morgan fingerprint density at radius 1 is 1.56 bits per heavy atom. The molecule has 5 heteroatoms. The van der Waals surface area contributed by atoms with Gasteiger partial charge in [-0.3, -0.25) is 4.79 Å². The van der Waals surface area contributed by atoms with E-state index in [1.165, 1.54) is 7.11 Å². The second kappa shape index (κ2) is 7.36. The van der Waals surface area contributed by atoms with Gasteiger partial charge >= 0.3 is 5.97 Å². The maximum atomic E-state index is 11.0. The first-order chi connectivity index (χ1) is 8.56. The van der Waals surface area contributed by atoms with Gasteiger partial charge in [0.15, 0.2) is 5.13 Å². The molecule has 0 aliphatic carbocycles. The van der Waals surface area contributed by atoms with E-state index < -0.39 is 0 Å². The largest absolute Gasteiger partial charge is 0.469 e. The SMILES string of the molecule is CCC(Nc1nc(CCC(=O)OC)cs1)C(C)C. The Kier molecular flexibility index (Phi) is 6.12. The third-order valence-electron chi connectivity index (χ3n) is 2.92. The van der Waals surface area contributed by atoms with Crippen molar-refractivity contribution in [2.75, 3.05) is 12.4 Å². The summed E-state index contributed by atoms with van der Waals surface area (Å²) in [6.07, 6.45) is 2.11. The Hall–Kier alpha value is -1.10. The number of rotatable bonds is 7. The molecule has 0 aliphatic rings. The van der Waals surface area contributed by atoms with Gasteiger partial charge in [-0.15, -0.1) is 11.3 Å². The van der Waals surface area contributed by atoms with Gasteiger partial charge in [-0.2, -0.15) is 0 Å². The zero-order valence-corrected chi connectivity index (χ0v) is 12.3. The minimum atomic E-state index is -0.189. The van der Waals surface area contributed by atoms with E-state index in [-0.39, 0.29) is 5.97 Å². The maximum absolute atomic E-state index is 11.0. The summed E-state index contributed by atoms with van der Waals surface area (Å²) in [4.78, 5) is 15.5. The van der Waals surface area contributed by atoms with Crippen LogP contribution in [0.3, 0.4) is 0 Å².